The molecule has 2 atom stereocenters. The first-order valence-corrected chi connectivity index (χ1v) is 8.37. The third kappa shape index (κ3) is 2.11. The minimum atomic E-state index is -0.924. The Labute approximate surface area is 140 Å². The summed E-state index contributed by atoms with van der Waals surface area (Å²) in [5.41, 5.74) is 1.10. The standard InChI is InChI=1S/C17H22N4O3/c1-10-15(11(2)24-19-10)16(22)21-12-4-5-13(21)9-17(23,8-12)14-6-7-18-20(14)3/h6-7,12-13,23H,4-5,8-9H2,1-3H3. The Kier molecular flexibility index (Phi) is 3.32. The highest BCUT2D eigenvalue weighted by molar-refractivity contribution is 5.96. The average molecular weight is 330 g/mol. The second-order valence-electron chi connectivity index (χ2n) is 7.08. The van der Waals surface area contributed by atoms with E-state index in [0.29, 0.717) is 29.9 Å². The largest absolute Gasteiger partial charge is 0.383 e. The summed E-state index contributed by atoms with van der Waals surface area (Å²) in [6, 6.07) is 1.93. The third-order valence-electron chi connectivity index (χ3n) is 5.55. The molecule has 1 N–H and O–H groups in total. The Hall–Kier alpha value is -2.15. The molecule has 0 radical (unpaired) electrons. The summed E-state index contributed by atoms with van der Waals surface area (Å²) < 4.78 is 6.88. The molecule has 2 fully saturated rings. The number of aliphatic hydroxyl groups is 1. The number of carbonyl (C=O) groups is 1. The van der Waals surface area contributed by atoms with Crippen LogP contribution in [0.4, 0.5) is 0 Å². The van der Waals surface area contributed by atoms with Gasteiger partial charge in [-0.3, -0.25) is 9.48 Å². The smallest absolute Gasteiger partial charge is 0.259 e. The topological polar surface area (TPSA) is 84.4 Å². The molecule has 0 aromatic carbocycles. The first kappa shape index (κ1) is 15.4. The van der Waals surface area contributed by atoms with Gasteiger partial charge in [0.1, 0.15) is 16.9 Å². The van der Waals surface area contributed by atoms with Gasteiger partial charge in [0.25, 0.3) is 5.91 Å². The Balaban J connectivity index is 1.64. The summed E-state index contributed by atoms with van der Waals surface area (Å²) in [5.74, 6) is 0.537. The van der Waals surface area contributed by atoms with Gasteiger partial charge in [-0.1, -0.05) is 5.16 Å². The normalized spacial score (nSPS) is 29.2. The van der Waals surface area contributed by atoms with Gasteiger partial charge in [0.2, 0.25) is 0 Å². The van der Waals surface area contributed by atoms with Crippen LogP contribution in [0.1, 0.15) is 53.2 Å². The fourth-order valence-electron chi connectivity index (χ4n) is 4.51. The van der Waals surface area contributed by atoms with Crippen LogP contribution in [-0.4, -0.2) is 42.9 Å². The highest BCUT2D eigenvalue weighted by Crippen LogP contribution is 2.46. The Morgan fingerprint density at radius 2 is 2.00 bits per heavy atom. The van der Waals surface area contributed by atoms with Crippen molar-refractivity contribution in [1.82, 2.24) is 19.8 Å². The molecule has 2 unspecified atom stereocenters. The maximum atomic E-state index is 13.1. The number of nitrogens with zero attached hydrogens (tertiary/aromatic N) is 4. The molecule has 2 aliphatic rings. The van der Waals surface area contributed by atoms with Crippen molar-refractivity contribution in [3.05, 3.63) is 35.0 Å². The van der Waals surface area contributed by atoms with E-state index < -0.39 is 5.60 Å². The zero-order valence-corrected chi connectivity index (χ0v) is 14.2. The summed E-state index contributed by atoms with van der Waals surface area (Å²) in [7, 11) is 1.84. The molecule has 2 bridgehead atoms. The molecule has 2 aromatic rings. The number of aryl methyl sites for hydroxylation is 3. The number of hydrogen-bond donors (Lipinski definition) is 1. The van der Waals surface area contributed by atoms with E-state index in [1.165, 1.54) is 0 Å². The average Bonchev–Trinajstić information content (AvgIpc) is 3.17. The van der Waals surface area contributed by atoms with Crippen molar-refractivity contribution in [2.24, 2.45) is 7.05 Å². The minimum absolute atomic E-state index is 0.0224. The van der Waals surface area contributed by atoms with Gasteiger partial charge < -0.3 is 14.5 Å². The van der Waals surface area contributed by atoms with Gasteiger partial charge in [-0.2, -0.15) is 5.10 Å². The molecular weight excluding hydrogens is 308 g/mol. The molecule has 0 saturated carbocycles. The molecular formula is C17H22N4O3. The van der Waals surface area contributed by atoms with Crippen molar-refractivity contribution >= 4 is 5.91 Å². The van der Waals surface area contributed by atoms with E-state index in [9.17, 15) is 9.90 Å². The lowest BCUT2D eigenvalue weighted by Gasteiger charge is -2.43. The number of carbonyl (C=O) groups excluding carboxylic acids is 1. The number of piperidine rings is 1. The molecule has 7 nitrogen and oxygen atoms in total. The predicted octanol–water partition coefficient (Wildman–Crippen LogP) is 1.68. The van der Waals surface area contributed by atoms with Crippen molar-refractivity contribution < 1.29 is 14.4 Å². The van der Waals surface area contributed by atoms with Gasteiger partial charge in [0.05, 0.1) is 11.4 Å². The van der Waals surface area contributed by atoms with Crippen LogP contribution in [0.3, 0.4) is 0 Å². The lowest BCUT2D eigenvalue weighted by molar-refractivity contribution is -0.0530. The first-order chi connectivity index (χ1) is 11.4. The summed E-state index contributed by atoms with van der Waals surface area (Å²) in [6.07, 6.45) is 4.62. The minimum Gasteiger partial charge on any atom is -0.383 e. The molecule has 2 aromatic heterocycles. The van der Waals surface area contributed by atoms with Gasteiger partial charge in [-0.05, 0) is 32.8 Å². The SMILES string of the molecule is Cc1noc(C)c1C(=O)N1C2CCC1CC(O)(c1ccnn1C)C2. The van der Waals surface area contributed by atoms with Gasteiger partial charge in [0.15, 0.2) is 0 Å². The maximum absolute atomic E-state index is 13.1. The molecule has 1 amide bonds. The van der Waals surface area contributed by atoms with Crippen molar-refractivity contribution in [1.29, 1.82) is 0 Å². The second kappa shape index (κ2) is 5.17. The Morgan fingerprint density at radius 3 is 2.50 bits per heavy atom. The molecule has 2 saturated heterocycles. The highest BCUT2D eigenvalue weighted by Gasteiger charge is 2.51. The van der Waals surface area contributed by atoms with Crippen LogP contribution in [0.15, 0.2) is 16.8 Å². The van der Waals surface area contributed by atoms with Crippen molar-refractivity contribution in [2.75, 3.05) is 0 Å². The van der Waals surface area contributed by atoms with Crippen LogP contribution in [0.2, 0.25) is 0 Å². The lowest BCUT2D eigenvalue weighted by atomic mass is 9.83. The zero-order chi connectivity index (χ0) is 17.1. The van der Waals surface area contributed by atoms with Gasteiger partial charge in [-0.15, -0.1) is 0 Å². The van der Waals surface area contributed by atoms with Crippen molar-refractivity contribution in [3.8, 4) is 0 Å². The van der Waals surface area contributed by atoms with E-state index in [2.05, 4.69) is 10.3 Å². The summed E-state index contributed by atoms with van der Waals surface area (Å²) in [4.78, 5) is 15.0. The number of amides is 1. The van der Waals surface area contributed by atoms with E-state index in [1.807, 2.05) is 18.0 Å². The van der Waals surface area contributed by atoms with Gasteiger partial charge >= 0.3 is 0 Å². The van der Waals surface area contributed by atoms with E-state index in [4.69, 9.17) is 4.52 Å². The van der Waals surface area contributed by atoms with E-state index in [1.54, 1.807) is 24.7 Å². The van der Waals surface area contributed by atoms with Crippen LogP contribution < -0.4 is 0 Å². The number of hydrogen-bond acceptors (Lipinski definition) is 5. The molecule has 0 aliphatic carbocycles. The summed E-state index contributed by atoms with van der Waals surface area (Å²) >= 11 is 0. The molecule has 4 heterocycles. The first-order valence-electron chi connectivity index (χ1n) is 8.37. The molecule has 7 heteroatoms. The van der Waals surface area contributed by atoms with E-state index >= 15 is 0 Å². The molecule has 24 heavy (non-hydrogen) atoms. The predicted molar refractivity (Wildman–Crippen MR) is 85.3 cm³/mol. The fourth-order valence-corrected chi connectivity index (χ4v) is 4.51. The molecule has 2 aliphatic heterocycles. The van der Waals surface area contributed by atoms with Gasteiger partial charge in [-0.25, -0.2) is 0 Å². The quantitative estimate of drug-likeness (QED) is 0.905. The summed E-state index contributed by atoms with van der Waals surface area (Å²) in [5, 5.41) is 19.3. The molecule has 0 spiro atoms. The second-order valence-corrected chi connectivity index (χ2v) is 7.08. The van der Waals surface area contributed by atoms with E-state index in [0.717, 1.165) is 18.5 Å². The Bertz CT molecular complexity index is 760. The van der Waals surface area contributed by atoms with Crippen molar-refractivity contribution in [3.63, 3.8) is 0 Å². The Morgan fingerprint density at radius 1 is 1.33 bits per heavy atom. The zero-order valence-electron chi connectivity index (χ0n) is 14.2. The lowest BCUT2D eigenvalue weighted by Crippen LogP contribution is -2.52. The number of aromatic nitrogens is 3. The third-order valence-corrected chi connectivity index (χ3v) is 5.55. The number of fused-ring (bicyclic) bond motifs is 2. The van der Waals surface area contributed by atoms with Crippen LogP contribution in [0, 0.1) is 13.8 Å². The van der Waals surface area contributed by atoms with Crippen LogP contribution in [0.25, 0.3) is 0 Å². The van der Waals surface area contributed by atoms with Crippen LogP contribution in [0.5, 0.6) is 0 Å². The monoisotopic (exact) mass is 330 g/mol. The molecule has 128 valence electrons. The highest BCUT2D eigenvalue weighted by atomic mass is 16.5. The van der Waals surface area contributed by atoms with Crippen LogP contribution >= 0.6 is 0 Å². The summed E-state index contributed by atoms with van der Waals surface area (Å²) in [6.45, 7) is 3.56. The van der Waals surface area contributed by atoms with Crippen molar-refractivity contribution in [2.45, 2.75) is 57.2 Å². The van der Waals surface area contributed by atoms with E-state index in [-0.39, 0.29) is 18.0 Å². The fraction of sp³-hybridized carbons (Fsp3) is 0.588. The van der Waals surface area contributed by atoms with Crippen LogP contribution in [-0.2, 0) is 12.6 Å². The molecule has 4 rings (SSSR count). The van der Waals surface area contributed by atoms with Gasteiger partial charge in [0, 0.05) is 38.2 Å². The maximum Gasteiger partial charge on any atom is 0.259 e. The number of rotatable bonds is 2.